The van der Waals surface area contributed by atoms with Crippen molar-refractivity contribution < 1.29 is 42.6 Å². The number of aromatic nitrogens is 1. The molecule has 2 aliphatic heterocycles. The van der Waals surface area contributed by atoms with Crippen molar-refractivity contribution in [3.8, 4) is 45.1 Å². The molecular formula is C63H58ClF2N3O7. The Morgan fingerprint density at radius 3 is 1.72 bits per heavy atom. The molecule has 2 fully saturated rings. The Morgan fingerprint density at radius 2 is 1.17 bits per heavy atom. The van der Waals surface area contributed by atoms with Gasteiger partial charge in [-0.2, -0.15) is 0 Å². The second-order valence-corrected chi connectivity index (χ2v) is 20.6. The molecule has 10 rings (SSSR count). The van der Waals surface area contributed by atoms with Crippen molar-refractivity contribution in [1.29, 1.82) is 0 Å². The van der Waals surface area contributed by atoms with Crippen LogP contribution in [0.4, 0.5) is 20.2 Å². The lowest BCUT2D eigenvalue weighted by atomic mass is 9.94. The number of anilines is 2. The number of halogens is 3. The molecular weight excluding hydrogens is 984 g/mol. The van der Waals surface area contributed by atoms with E-state index >= 15 is 4.39 Å². The van der Waals surface area contributed by atoms with Gasteiger partial charge in [0.05, 0.1) is 38.3 Å². The van der Waals surface area contributed by atoms with Crippen LogP contribution in [0.3, 0.4) is 0 Å². The van der Waals surface area contributed by atoms with Crippen molar-refractivity contribution >= 4 is 34.9 Å². The summed E-state index contributed by atoms with van der Waals surface area (Å²) in [7, 11) is 3.09. The van der Waals surface area contributed by atoms with Gasteiger partial charge >= 0.3 is 11.9 Å². The number of carboxylic acid groups (broad SMARTS) is 2. The number of benzene rings is 7. The molecule has 3 heterocycles. The number of aliphatic carboxylic acids is 2. The van der Waals surface area contributed by atoms with E-state index in [2.05, 4.69) is 57.4 Å². The fraction of sp³-hybridized carbons (Fsp3) is 0.254. The number of hydrogen-bond donors (Lipinski definition) is 2. The molecule has 0 radical (unpaired) electrons. The van der Waals surface area contributed by atoms with E-state index in [1.54, 1.807) is 37.4 Å². The van der Waals surface area contributed by atoms with E-state index in [0.717, 1.165) is 62.3 Å². The zero-order chi connectivity index (χ0) is 53.2. The molecule has 1 aromatic heterocycles. The molecule has 4 unspecified atom stereocenters. The summed E-state index contributed by atoms with van der Waals surface area (Å²) in [6.07, 6.45) is 2.52. The SMILES string of the molecule is COc1ccc(F)c(-c2ccc(Cc3ccc(N4CC(c5cc(-c6cc(OC)cc(-c7ccc(Cc8ccc(N9CC(c%10cccc(Cl)c%10)CC9CC(=O)O)cc8)c(C)c7)c6F)on5)CC4CC(=O)O)cc3)c(C)c2)c1. The lowest BCUT2D eigenvalue weighted by Crippen LogP contribution is -2.31. The standard InChI is InChI=1S/C63H58ClF2N3O7/c1-37-22-44(55-31-53(74-3)20-21-58(55)65)14-12-41(37)24-40-10-18-50(19-11-40)69-36-47(28-52(69)30-62(72)73)59-34-60(76-67-59)57-33-54(75-4)32-56(63(57)66)45-15-13-42(38(2)23-45)25-39-8-16-49(17-9-39)68-35-46(27-51(68)29-61(70)71)43-6-5-7-48(64)26-43/h5-23,26,31-34,46-47,51-52H,24-25,27-30,35-36H2,1-4H3,(H,70,71)(H,72,73). The van der Waals surface area contributed by atoms with E-state index in [0.29, 0.717) is 71.3 Å². The number of hydrogen-bond acceptors (Lipinski definition) is 8. The summed E-state index contributed by atoms with van der Waals surface area (Å²) in [5, 5.41) is 24.8. The minimum absolute atomic E-state index is 0.0473. The van der Waals surface area contributed by atoms with Gasteiger partial charge < -0.3 is 34.0 Å². The van der Waals surface area contributed by atoms with E-state index in [1.807, 2.05) is 80.6 Å². The van der Waals surface area contributed by atoms with E-state index in [9.17, 15) is 24.2 Å². The van der Waals surface area contributed by atoms with Crippen molar-refractivity contribution in [1.82, 2.24) is 5.16 Å². The highest BCUT2D eigenvalue weighted by molar-refractivity contribution is 6.30. The first kappa shape index (κ1) is 51.5. The van der Waals surface area contributed by atoms with Crippen LogP contribution in [-0.4, -0.2) is 66.7 Å². The summed E-state index contributed by atoms with van der Waals surface area (Å²) in [5.41, 5.74) is 12.4. The molecule has 0 bridgehead atoms. The first-order chi connectivity index (χ1) is 36.7. The Morgan fingerprint density at radius 1 is 0.632 bits per heavy atom. The van der Waals surface area contributed by atoms with Gasteiger partial charge in [0, 0.05) is 70.6 Å². The zero-order valence-corrected chi connectivity index (χ0v) is 43.5. The topological polar surface area (TPSA) is 126 Å². The average molecular weight is 1040 g/mol. The van der Waals surface area contributed by atoms with E-state index in [-0.39, 0.29) is 53.9 Å². The van der Waals surface area contributed by atoms with Crippen LogP contribution >= 0.6 is 11.6 Å². The fourth-order valence-electron chi connectivity index (χ4n) is 11.2. The quantitative estimate of drug-likeness (QED) is 0.0910. The lowest BCUT2D eigenvalue weighted by Gasteiger charge is -2.26. The third kappa shape index (κ3) is 11.2. The number of carbonyl (C=O) groups is 2. The maximum Gasteiger partial charge on any atom is 0.305 e. The van der Waals surface area contributed by atoms with Gasteiger partial charge in [0.1, 0.15) is 23.1 Å². The van der Waals surface area contributed by atoms with Crippen molar-refractivity contribution in [2.24, 2.45) is 0 Å². The average Bonchev–Trinajstić information content (AvgIpc) is 4.18. The zero-order valence-electron chi connectivity index (χ0n) is 42.7. The van der Waals surface area contributed by atoms with Crippen LogP contribution < -0.4 is 19.3 Å². The molecule has 2 aliphatic rings. The molecule has 2 saturated heterocycles. The van der Waals surface area contributed by atoms with Crippen molar-refractivity contribution in [2.45, 2.75) is 76.3 Å². The molecule has 2 N–H and O–H groups in total. The molecule has 0 saturated carbocycles. The van der Waals surface area contributed by atoms with Gasteiger partial charge in [-0.3, -0.25) is 9.59 Å². The maximum atomic E-state index is 16.9. The van der Waals surface area contributed by atoms with E-state index in [1.165, 1.54) is 13.2 Å². The minimum atomic E-state index is -0.903. The summed E-state index contributed by atoms with van der Waals surface area (Å²) in [5.74, 6) is -1.27. The molecule has 8 aromatic rings. The molecule has 0 aliphatic carbocycles. The Bertz CT molecular complexity index is 3440. The van der Waals surface area contributed by atoms with Crippen LogP contribution in [-0.2, 0) is 22.4 Å². The highest BCUT2D eigenvalue weighted by atomic mass is 35.5. The smallest absolute Gasteiger partial charge is 0.305 e. The Kier molecular flexibility index (Phi) is 15.0. The molecule has 388 valence electrons. The first-order valence-corrected chi connectivity index (χ1v) is 25.9. The summed E-state index contributed by atoms with van der Waals surface area (Å²) >= 11 is 6.31. The molecule has 76 heavy (non-hydrogen) atoms. The summed E-state index contributed by atoms with van der Waals surface area (Å²) in [6.45, 7) is 5.22. The predicted molar refractivity (Wildman–Crippen MR) is 293 cm³/mol. The minimum Gasteiger partial charge on any atom is -0.497 e. The third-order valence-electron chi connectivity index (χ3n) is 15.3. The molecule has 4 atom stereocenters. The molecule has 0 amide bonds. The van der Waals surface area contributed by atoms with Crippen molar-refractivity contribution in [3.05, 3.63) is 207 Å². The van der Waals surface area contributed by atoms with Crippen molar-refractivity contribution in [3.63, 3.8) is 0 Å². The monoisotopic (exact) mass is 1040 g/mol. The Balaban J connectivity index is 0.822. The van der Waals surface area contributed by atoms with Crippen LogP contribution in [0, 0.1) is 25.5 Å². The maximum absolute atomic E-state index is 16.9. The van der Waals surface area contributed by atoms with Crippen LogP contribution in [0.1, 0.15) is 82.2 Å². The Labute approximate surface area is 446 Å². The van der Waals surface area contributed by atoms with Gasteiger partial charge in [-0.25, -0.2) is 8.78 Å². The molecule has 0 spiro atoms. The van der Waals surface area contributed by atoms with E-state index in [4.69, 9.17) is 25.6 Å². The normalized spacial score (nSPS) is 17.3. The lowest BCUT2D eigenvalue weighted by molar-refractivity contribution is -0.138. The number of aryl methyl sites for hydroxylation is 2. The number of methoxy groups -OCH3 is 2. The first-order valence-electron chi connectivity index (χ1n) is 25.5. The van der Waals surface area contributed by atoms with Crippen LogP contribution in [0.25, 0.3) is 33.6 Å². The van der Waals surface area contributed by atoms with Crippen LogP contribution in [0.5, 0.6) is 11.5 Å². The van der Waals surface area contributed by atoms with Gasteiger partial charge in [-0.15, -0.1) is 0 Å². The fourth-order valence-corrected chi connectivity index (χ4v) is 11.4. The third-order valence-corrected chi connectivity index (χ3v) is 15.5. The number of carboxylic acids is 2. The summed E-state index contributed by atoms with van der Waals surface area (Å²) < 4.78 is 48.5. The molecule has 13 heteroatoms. The van der Waals surface area contributed by atoms with Gasteiger partial charge in [-0.05, 0) is 156 Å². The van der Waals surface area contributed by atoms with E-state index < -0.39 is 17.8 Å². The van der Waals surface area contributed by atoms with Crippen molar-refractivity contribution in [2.75, 3.05) is 37.1 Å². The highest BCUT2D eigenvalue weighted by Gasteiger charge is 2.37. The van der Waals surface area contributed by atoms with Gasteiger partial charge in [-0.1, -0.05) is 89.6 Å². The summed E-state index contributed by atoms with van der Waals surface area (Å²) in [6, 6.07) is 45.3. The number of nitrogens with zero attached hydrogens (tertiary/aromatic N) is 3. The highest BCUT2D eigenvalue weighted by Crippen LogP contribution is 2.42. The summed E-state index contributed by atoms with van der Waals surface area (Å²) in [4.78, 5) is 28.3. The second-order valence-electron chi connectivity index (χ2n) is 20.2. The molecule has 10 nitrogen and oxygen atoms in total. The number of rotatable bonds is 17. The van der Waals surface area contributed by atoms with Gasteiger partial charge in [0.2, 0.25) is 0 Å². The molecule has 7 aromatic carbocycles. The number of ether oxygens (including phenoxy) is 2. The Hall–Kier alpha value is -7.96. The largest absolute Gasteiger partial charge is 0.497 e. The van der Waals surface area contributed by atoms with Crippen LogP contribution in [0.2, 0.25) is 5.02 Å². The second kappa shape index (κ2) is 22.1. The van der Waals surface area contributed by atoms with Crippen LogP contribution in [0.15, 0.2) is 150 Å². The van der Waals surface area contributed by atoms with Gasteiger partial charge in [0.25, 0.3) is 0 Å². The van der Waals surface area contributed by atoms with Gasteiger partial charge in [0.15, 0.2) is 5.76 Å². The predicted octanol–water partition coefficient (Wildman–Crippen LogP) is 14.1.